The highest BCUT2D eigenvalue weighted by Gasteiger charge is 2.25. The molecule has 8 heteroatoms. The minimum absolute atomic E-state index is 0. The monoisotopic (exact) mass is 467 g/mol. The number of benzene rings is 1. The van der Waals surface area contributed by atoms with Crippen LogP contribution in [0.5, 0.6) is 0 Å². The van der Waals surface area contributed by atoms with Crippen molar-refractivity contribution in [1.82, 2.24) is 5.32 Å². The minimum atomic E-state index is -2.08. The lowest BCUT2D eigenvalue weighted by molar-refractivity contribution is -0.148. The van der Waals surface area contributed by atoms with Crippen LogP contribution in [0.2, 0.25) is 0 Å². The first-order valence-electron chi connectivity index (χ1n) is 11.1. The lowest BCUT2D eigenvalue weighted by Gasteiger charge is -2.17. The van der Waals surface area contributed by atoms with Crippen LogP contribution in [0.1, 0.15) is 67.4 Å². The Kier molecular flexibility index (Phi) is 15.7. The van der Waals surface area contributed by atoms with Gasteiger partial charge >= 0.3 is 5.97 Å². The molecule has 2 amide bonds. The molecule has 0 unspecified atom stereocenters. The van der Waals surface area contributed by atoms with Crippen molar-refractivity contribution < 1.29 is 23.9 Å². The fraction of sp³-hybridized carbons (Fsp3) is 0.560. The summed E-state index contributed by atoms with van der Waals surface area (Å²) in [7, 11) is 0. The zero-order chi connectivity index (χ0) is 24.9. The van der Waals surface area contributed by atoms with E-state index in [1.165, 1.54) is 5.56 Å². The second-order valence-electron chi connectivity index (χ2n) is 7.54. The first-order chi connectivity index (χ1) is 15.0. The SMILES string of the molecule is C.CC.CC(C)(F)C(=O)O.CC[C@@H](/C=C/C(=O)N1CCc2ccccc21)NC(=O)[C@@H](N)CC. The number of nitrogens with one attached hydrogen (secondary N) is 1. The summed E-state index contributed by atoms with van der Waals surface area (Å²) in [5.41, 5.74) is 5.81. The van der Waals surface area contributed by atoms with E-state index in [1.54, 1.807) is 17.1 Å². The number of halogens is 1. The minimum Gasteiger partial charge on any atom is -0.479 e. The van der Waals surface area contributed by atoms with E-state index in [2.05, 4.69) is 5.32 Å². The van der Waals surface area contributed by atoms with E-state index < -0.39 is 17.7 Å². The summed E-state index contributed by atoms with van der Waals surface area (Å²) in [4.78, 5) is 35.7. The van der Waals surface area contributed by atoms with Gasteiger partial charge in [0, 0.05) is 24.4 Å². The van der Waals surface area contributed by atoms with Gasteiger partial charge in [0.05, 0.1) is 6.04 Å². The molecule has 0 aromatic heterocycles. The molecule has 188 valence electrons. The number of hydrogen-bond donors (Lipinski definition) is 3. The maximum atomic E-state index is 12.4. The molecule has 1 aliphatic heterocycles. The largest absolute Gasteiger partial charge is 0.479 e. The van der Waals surface area contributed by atoms with Crippen molar-refractivity contribution in [2.24, 2.45) is 5.73 Å². The predicted octanol–water partition coefficient (Wildman–Crippen LogP) is 4.25. The number of nitrogens with zero attached hydrogens (tertiary/aromatic N) is 1. The molecular weight excluding hydrogens is 425 g/mol. The van der Waals surface area contributed by atoms with E-state index in [1.807, 2.05) is 52.0 Å². The summed E-state index contributed by atoms with van der Waals surface area (Å²) in [6.07, 6.45) is 5.49. The number of rotatable bonds is 7. The molecule has 0 fully saturated rings. The summed E-state index contributed by atoms with van der Waals surface area (Å²) in [5.74, 6) is -1.65. The summed E-state index contributed by atoms with van der Waals surface area (Å²) in [5, 5.41) is 10.7. The number of nitrogens with two attached hydrogens (primary N) is 1. The molecule has 4 N–H and O–H groups in total. The van der Waals surface area contributed by atoms with Crippen LogP contribution in [0.25, 0.3) is 0 Å². The van der Waals surface area contributed by atoms with Crippen LogP contribution in [0, 0.1) is 0 Å². The maximum Gasteiger partial charge on any atom is 0.340 e. The normalized spacial score (nSPS) is 13.9. The van der Waals surface area contributed by atoms with Crippen molar-refractivity contribution in [2.75, 3.05) is 11.4 Å². The van der Waals surface area contributed by atoms with Crippen LogP contribution in [0.3, 0.4) is 0 Å². The van der Waals surface area contributed by atoms with E-state index in [0.717, 1.165) is 26.0 Å². The third-order valence-electron chi connectivity index (χ3n) is 4.68. The number of carbonyl (C=O) groups is 3. The number of carbonyl (C=O) groups excluding carboxylic acids is 2. The van der Waals surface area contributed by atoms with Crippen molar-refractivity contribution >= 4 is 23.5 Å². The van der Waals surface area contributed by atoms with Gasteiger partial charge < -0.3 is 21.1 Å². The van der Waals surface area contributed by atoms with Crippen LogP contribution in [-0.4, -0.2) is 47.2 Å². The van der Waals surface area contributed by atoms with Crippen molar-refractivity contribution in [3.8, 4) is 0 Å². The summed E-state index contributed by atoms with van der Waals surface area (Å²) in [6.45, 7) is 10.5. The second-order valence-corrected chi connectivity index (χ2v) is 7.54. The second kappa shape index (κ2) is 16.0. The number of carboxylic acids is 1. The maximum absolute atomic E-state index is 12.4. The molecule has 1 aromatic rings. The number of fused-ring (bicyclic) bond motifs is 1. The number of hydrogen-bond acceptors (Lipinski definition) is 4. The van der Waals surface area contributed by atoms with E-state index in [0.29, 0.717) is 19.4 Å². The van der Waals surface area contributed by atoms with Gasteiger partial charge in [-0.3, -0.25) is 9.59 Å². The van der Waals surface area contributed by atoms with Gasteiger partial charge in [-0.2, -0.15) is 0 Å². The van der Waals surface area contributed by atoms with Crippen molar-refractivity contribution in [2.45, 2.75) is 86.0 Å². The average Bonchev–Trinajstić information content (AvgIpc) is 3.21. The molecule has 0 saturated heterocycles. The number of aliphatic carboxylic acids is 1. The molecule has 1 aromatic carbocycles. The lowest BCUT2D eigenvalue weighted by atomic mass is 10.1. The average molecular weight is 468 g/mol. The Morgan fingerprint density at radius 2 is 1.76 bits per heavy atom. The quantitative estimate of drug-likeness (QED) is 0.519. The van der Waals surface area contributed by atoms with Gasteiger partial charge in [-0.15, -0.1) is 0 Å². The van der Waals surface area contributed by atoms with Gasteiger partial charge in [0.25, 0.3) is 5.91 Å². The Labute approximate surface area is 198 Å². The lowest BCUT2D eigenvalue weighted by Crippen LogP contribution is -2.44. The van der Waals surface area contributed by atoms with Crippen molar-refractivity contribution in [3.05, 3.63) is 42.0 Å². The molecule has 0 radical (unpaired) electrons. The van der Waals surface area contributed by atoms with Gasteiger partial charge in [-0.05, 0) is 44.7 Å². The Morgan fingerprint density at radius 3 is 2.24 bits per heavy atom. The Hall–Kier alpha value is -2.74. The number of amides is 2. The van der Waals surface area contributed by atoms with Crippen molar-refractivity contribution in [3.63, 3.8) is 0 Å². The predicted molar refractivity (Wildman–Crippen MR) is 133 cm³/mol. The van der Waals surface area contributed by atoms with E-state index in [9.17, 15) is 18.8 Å². The third-order valence-corrected chi connectivity index (χ3v) is 4.68. The van der Waals surface area contributed by atoms with Gasteiger partial charge in [-0.25, -0.2) is 9.18 Å². The molecule has 33 heavy (non-hydrogen) atoms. The fourth-order valence-corrected chi connectivity index (χ4v) is 2.62. The number of alkyl halides is 1. The summed E-state index contributed by atoms with van der Waals surface area (Å²) in [6, 6.07) is 7.26. The van der Waals surface area contributed by atoms with E-state index >= 15 is 0 Å². The van der Waals surface area contributed by atoms with E-state index in [4.69, 9.17) is 10.8 Å². The molecule has 2 atom stereocenters. The highest BCUT2D eigenvalue weighted by Crippen LogP contribution is 2.27. The summed E-state index contributed by atoms with van der Waals surface area (Å²) >= 11 is 0. The van der Waals surface area contributed by atoms with E-state index in [-0.39, 0.29) is 25.3 Å². The summed E-state index contributed by atoms with van der Waals surface area (Å²) < 4.78 is 11.9. The molecular formula is C25H42FN3O4. The van der Waals surface area contributed by atoms with Gasteiger partial charge in [0.1, 0.15) is 0 Å². The zero-order valence-corrected chi connectivity index (χ0v) is 20.0. The van der Waals surface area contributed by atoms with Crippen LogP contribution in [0.15, 0.2) is 36.4 Å². The van der Waals surface area contributed by atoms with Crippen molar-refractivity contribution in [1.29, 1.82) is 0 Å². The Balaban J connectivity index is 0. The number of para-hydroxylation sites is 1. The molecule has 0 aliphatic carbocycles. The number of anilines is 1. The van der Waals surface area contributed by atoms with Gasteiger partial charge in [0.2, 0.25) is 11.6 Å². The molecule has 0 spiro atoms. The topological polar surface area (TPSA) is 113 Å². The smallest absolute Gasteiger partial charge is 0.340 e. The third kappa shape index (κ3) is 11.1. The Bertz CT molecular complexity index is 775. The molecule has 1 heterocycles. The molecule has 1 aliphatic rings. The standard InChI is InChI=1S/C18H25N3O2.C4H7FO2.C2H6.CH4/c1-3-14(20-18(23)15(19)4-2)9-10-17(22)21-12-11-13-7-5-6-8-16(13)21;1-4(2,5)3(6)7;1-2;/h5-10,14-15H,3-4,11-12,19H2,1-2H3,(H,20,23);1-2H3,(H,6,7);1-2H3;1H4/b10-9+;;;/t14-,15-;;;/m0.../s1. The highest BCUT2D eigenvalue weighted by atomic mass is 19.1. The van der Waals surface area contributed by atoms with Gasteiger partial charge in [0.15, 0.2) is 0 Å². The van der Waals surface area contributed by atoms with Crippen LogP contribution in [-0.2, 0) is 20.8 Å². The molecule has 0 saturated carbocycles. The zero-order valence-electron chi connectivity index (χ0n) is 20.0. The Morgan fingerprint density at radius 1 is 1.21 bits per heavy atom. The molecule has 7 nitrogen and oxygen atoms in total. The van der Waals surface area contributed by atoms with Crippen LogP contribution < -0.4 is 16.0 Å². The fourth-order valence-electron chi connectivity index (χ4n) is 2.62. The first-order valence-corrected chi connectivity index (χ1v) is 11.1. The van der Waals surface area contributed by atoms with Crippen LogP contribution in [0.4, 0.5) is 10.1 Å². The molecule has 0 bridgehead atoms. The highest BCUT2D eigenvalue weighted by molar-refractivity contribution is 6.03. The number of carboxylic acid groups (broad SMARTS) is 1. The van der Waals surface area contributed by atoms with Crippen LogP contribution >= 0.6 is 0 Å². The van der Waals surface area contributed by atoms with Gasteiger partial charge in [-0.1, -0.05) is 59.4 Å². The first kappa shape index (κ1) is 32.4. The molecule has 2 rings (SSSR count).